The van der Waals surface area contributed by atoms with Gasteiger partial charge in [-0.05, 0) is 0 Å². The summed E-state index contributed by atoms with van der Waals surface area (Å²) < 4.78 is 1.80. The van der Waals surface area contributed by atoms with Gasteiger partial charge in [-0.25, -0.2) is 0 Å². The number of unbranched alkanes of at least 4 members (excludes halogenated alkanes) is 10. The first-order valence-corrected chi connectivity index (χ1v) is 25.0. The summed E-state index contributed by atoms with van der Waals surface area (Å²) in [4.78, 5) is 10.7. The number of rotatable bonds is 17. The van der Waals surface area contributed by atoms with Crippen molar-refractivity contribution in [1.29, 1.82) is 0 Å². The molecule has 32 heavy (non-hydrogen) atoms. The fourth-order valence-corrected chi connectivity index (χ4v) is 13.4. The predicted molar refractivity (Wildman–Crippen MR) is 155 cm³/mol. The fraction of sp³-hybridized carbons (Fsp3) is 0.655. The van der Waals surface area contributed by atoms with Crippen LogP contribution in [0.2, 0.25) is 14.8 Å². The van der Waals surface area contributed by atoms with Gasteiger partial charge in [0.05, 0.1) is 0 Å². The Balaban J connectivity index is 1.94. The van der Waals surface area contributed by atoms with Gasteiger partial charge >= 0.3 is 193 Å². The van der Waals surface area contributed by atoms with Gasteiger partial charge in [-0.15, -0.1) is 0 Å². The molecule has 0 nitrogen and oxygen atoms in total. The summed E-state index contributed by atoms with van der Waals surface area (Å²) in [6.07, 6.45) is 24.0. The molecule has 0 saturated heterocycles. The van der Waals surface area contributed by atoms with Gasteiger partial charge in [-0.2, -0.15) is 0 Å². The maximum absolute atomic E-state index is 2.58. The van der Waals surface area contributed by atoms with Crippen LogP contribution in [-0.2, 0) is 12.8 Å². The van der Waals surface area contributed by atoms with Crippen molar-refractivity contribution in [3.8, 4) is 0 Å². The van der Waals surface area contributed by atoms with E-state index in [1.54, 1.807) is 14.0 Å². The molecule has 2 rings (SSSR count). The van der Waals surface area contributed by atoms with Crippen molar-refractivity contribution >= 4 is 56.1 Å². The molecule has 180 valence electrons. The van der Waals surface area contributed by atoms with Crippen LogP contribution in [0.1, 0.15) is 112 Å². The molecule has 0 spiro atoms. The zero-order chi connectivity index (χ0) is 23.2. The fourth-order valence-electron chi connectivity index (χ4n) is 4.40. The van der Waals surface area contributed by atoms with Crippen molar-refractivity contribution in [3.05, 3.63) is 38.4 Å². The number of hydrogen-bond acceptors (Lipinski definition) is 2. The van der Waals surface area contributed by atoms with Crippen LogP contribution in [0.5, 0.6) is 0 Å². The van der Waals surface area contributed by atoms with E-state index in [2.05, 4.69) is 69.7 Å². The van der Waals surface area contributed by atoms with Crippen LogP contribution in [-0.4, -0.2) is 18.4 Å². The Kier molecular flexibility index (Phi) is 13.9. The van der Waals surface area contributed by atoms with Crippen LogP contribution in [0.25, 0.3) is 12.2 Å². The van der Waals surface area contributed by atoms with Crippen LogP contribution in [0.15, 0.2) is 17.5 Å². The summed E-state index contributed by atoms with van der Waals surface area (Å²) in [5.41, 5.74) is 3.24. The monoisotopic (exact) mass is 580 g/mol. The second kappa shape index (κ2) is 15.8. The molecule has 0 aromatic carbocycles. The Morgan fingerprint density at radius 2 is 1.28 bits per heavy atom. The Hall–Kier alpha value is -0.0613. The first-order valence-electron chi connectivity index (χ1n) is 13.3. The molecule has 0 unspecified atom stereocenters. The molecular weight excluding hydrogens is 531 g/mol. The zero-order valence-electron chi connectivity index (χ0n) is 21.6. The van der Waals surface area contributed by atoms with E-state index >= 15 is 0 Å². The number of aryl methyl sites for hydroxylation is 2. The SMILES string of the molecule is CCCCCCCCc1ccsc1/C=C/c1cc(CCCCCCCC)[c]([Sn]([CH3])([CH3])[CH3])s1. The molecule has 0 radical (unpaired) electrons. The summed E-state index contributed by atoms with van der Waals surface area (Å²) in [5.74, 6) is 0. The zero-order valence-corrected chi connectivity index (χ0v) is 26.1. The third-order valence-corrected chi connectivity index (χ3v) is 18.0. The first kappa shape index (κ1) is 28.2. The molecule has 2 aromatic heterocycles. The second-order valence-electron chi connectivity index (χ2n) is 10.4. The van der Waals surface area contributed by atoms with E-state index in [-0.39, 0.29) is 0 Å². The van der Waals surface area contributed by atoms with Crippen LogP contribution in [0.4, 0.5) is 0 Å². The van der Waals surface area contributed by atoms with Crippen molar-refractivity contribution in [2.24, 2.45) is 0 Å². The standard InChI is InChI=1S/C26H39S2.3CH3.Sn/c1-3-5-7-9-11-13-15-23-21-25(28-22-23)17-18-26-24(19-20-27-26)16-14-12-10-8-6-4-2;;;;/h17-21H,3-16H2,1-2H3;3*1H3;/b18-17+;;;;. The Labute approximate surface area is 211 Å². The van der Waals surface area contributed by atoms with Crippen LogP contribution >= 0.6 is 22.7 Å². The third kappa shape index (κ3) is 10.5. The third-order valence-electron chi connectivity index (χ3n) is 6.29. The molecule has 0 saturated carbocycles. The van der Waals surface area contributed by atoms with E-state index in [0.717, 1.165) is 0 Å². The molecule has 0 N–H and O–H groups in total. The van der Waals surface area contributed by atoms with Gasteiger partial charge in [-0.3, -0.25) is 0 Å². The average molecular weight is 580 g/mol. The Bertz CT molecular complexity index is 775. The van der Waals surface area contributed by atoms with Crippen molar-refractivity contribution in [3.63, 3.8) is 0 Å². The van der Waals surface area contributed by atoms with Gasteiger partial charge in [0.25, 0.3) is 0 Å². The molecule has 0 amide bonds. The van der Waals surface area contributed by atoms with E-state index in [4.69, 9.17) is 0 Å². The minimum absolute atomic E-state index is 1.24. The summed E-state index contributed by atoms with van der Waals surface area (Å²) in [6.45, 7) is 4.60. The van der Waals surface area contributed by atoms with Gasteiger partial charge in [0, 0.05) is 0 Å². The van der Waals surface area contributed by atoms with Crippen LogP contribution in [0, 0.1) is 0 Å². The normalized spacial score (nSPS) is 12.3. The van der Waals surface area contributed by atoms with Gasteiger partial charge in [0.1, 0.15) is 0 Å². The van der Waals surface area contributed by atoms with Gasteiger partial charge in [0.2, 0.25) is 0 Å². The molecule has 0 fully saturated rings. The predicted octanol–water partition coefficient (Wildman–Crippen LogP) is 10.3. The quantitative estimate of drug-likeness (QED) is 0.129. The number of thiophene rings is 2. The van der Waals surface area contributed by atoms with Gasteiger partial charge in [-0.1, -0.05) is 19.8 Å². The van der Waals surface area contributed by atoms with E-state index in [1.807, 2.05) is 11.3 Å². The van der Waals surface area contributed by atoms with Crippen LogP contribution < -0.4 is 2.89 Å². The summed E-state index contributed by atoms with van der Waals surface area (Å²) in [7, 11) is 0. The van der Waals surface area contributed by atoms with E-state index in [0.29, 0.717) is 0 Å². The molecule has 2 heterocycles. The second-order valence-corrected chi connectivity index (χ2v) is 27.8. The summed E-state index contributed by atoms with van der Waals surface area (Å²) in [5, 5.41) is 2.28. The summed E-state index contributed by atoms with van der Waals surface area (Å²) >= 11 is 1.95. The summed E-state index contributed by atoms with van der Waals surface area (Å²) in [6, 6.07) is 4.89. The molecule has 0 bridgehead atoms. The molecule has 2 aromatic rings. The van der Waals surface area contributed by atoms with E-state index in [1.165, 1.54) is 99.6 Å². The van der Waals surface area contributed by atoms with Gasteiger partial charge in [0.15, 0.2) is 0 Å². The molecular formula is C29H48S2Sn. The molecule has 0 aliphatic carbocycles. The van der Waals surface area contributed by atoms with Gasteiger partial charge < -0.3 is 0 Å². The topological polar surface area (TPSA) is 0 Å². The van der Waals surface area contributed by atoms with Crippen LogP contribution in [0.3, 0.4) is 0 Å². The minimum atomic E-state index is -2.07. The molecule has 0 aliphatic rings. The van der Waals surface area contributed by atoms with Crippen molar-refractivity contribution < 1.29 is 0 Å². The molecule has 0 aliphatic heterocycles. The first-order chi connectivity index (χ1) is 15.5. The van der Waals surface area contributed by atoms with E-state index < -0.39 is 18.4 Å². The maximum atomic E-state index is 2.58. The Morgan fingerprint density at radius 1 is 0.719 bits per heavy atom. The number of hydrogen-bond donors (Lipinski definition) is 0. The van der Waals surface area contributed by atoms with Crippen molar-refractivity contribution in [2.75, 3.05) is 0 Å². The molecule has 0 atom stereocenters. The molecule has 3 heteroatoms. The van der Waals surface area contributed by atoms with Crippen molar-refractivity contribution in [2.45, 2.75) is 119 Å². The van der Waals surface area contributed by atoms with Crippen molar-refractivity contribution in [1.82, 2.24) is 0 Å². The average Bonchev–Trinajstić information content (AvgIpc) is 3.38. The van der Waals surface area contributed by atoms with E-state index in [9.17, 15) is 0 Å². The Morgan fingerprint density at radius 3 is 1.88 bits per heavy atom.